The molecule has 1 saturated heterocycles. The molecule has 2 aromatic carbocycles. The number of methoxy groups -OCH3 is 2. The maximum atomic E-state index is 11.6. The summed E-state index contributed by atoms with van der Waals surface area (Å²) in [5.41, 5.74) is 2.41. The first-order chi connectivity index (χ1) is 18.5. The zero-order chi connectivity index (χ0) is 26.9. The van der Waals surface area contributed by atoms with Gasteiger partial charge >= 0.3 is 0 Å². The van der Waals surface area contributed by atoms with Gasteiger partial charge in [0.05, 0.1) is 19.4 Å². The van der Waals surface area contributed by atoms with E-state index in [-0.39, 0.29) is 5.91 Å². The molecule has 1 fully saturated rings. The number of amides is 1. The molecule has 0 unspecified atom stereocenters. The number of anilines is 4. The average molecular weight is 519 g/mol. The fourth-order valence-electron chi connectivity index (χ4n) is 4.33. The second kappa shape index (κ2) is 12.9. The van der Waals surface area contributed by atoms with Crippen LogP contribution >= 0.6 is 0 Å². The van der Waals surface area contributed by atoms with Crippen molar-refractivity contribution in [3.63, 3.8) is 0 Å². The summed E-state index contributed by atoms with van der Waals surface area (Å²) in [6.45, 7) is 7.20. The van der Waals surface area contributed by atoms with E-state index in [4.69, 9.17) is 14.2 Å². The Morgan fingerprint density at radius 2 is 2.08 bits per heavy atom. The Balaban J connectivity index is 1.42. The highest BCUT2D eigenvalue weighted by Crippen LogP contribution is 2.34. The van der Waals surface area contributed by atoms with E-state index in [1.807, 2.05) is 18.2 Å². The first-order valence-electron chi connectivity index (χ1n) is 12.4. The lowest BCUT2D eigenvalue weighted by Crippen LogP contribution is -2.35. The van der Waals surface area contributed by atoms with E-state index in [0.29, 0.717) is 29.3 Å². The van der Waals surface area contributed by atoms with Gasteiger partial charge in [-0.25, -0.2) is 4.98 Å². The van der Waals surface area contributed by atoms with Crippen LogP contribution in [0.15, 0.2) is 67.4 Å². The van der Waals surface area contributed by atoms with Gasteiger partial charge in [0.25, 0.3) is 0 Å². The standard InChI is InChI=1S/C28H34N6O4/c1-5-26(35)30-20-7-6-8-23(17-20)38-27-11-13-29-28(32-27)31-21-9-10-24(25(18-21)37-4)33(2)22-12-14-34(19-22)15-16-36-3/h5-11,13,17-18,22H,1,12,14-16,19H2,2-4H3,(H,30,35)(H,29,31,32)/t22-/m0/s1. The summed E-state index contributed by atoms with van der Waals surface area (Å²) >= 11 is 0. The van der Waals surface area contributed by atoms with E-state index in [1.54, 1.807) is 50.7 Å². The zero-order valence-electron chi connectivity index (χ0n) is 22.0. The van der Waals surface area contributed by atoms with E-state index in [0.717, 1.165) is 49.8 Å². The van der Waals surface area contributed by atoms with Gasteiger partial charge < -0.3 is 29.7 Å². The van der Waals surface area contributed by atoms with Crippen molar-refractivity contribution in [1.82, 2.24) is 14.9 Å². The molecular formula is C28H34N6O4. The summed E-state index contributed by atoms with van der Waals surface area (Å²) < 4.78 is 16.8. The number of ether oxygens (including phenoxy) is 3. The third-order valence-corrected chi connectivity index (χ3v) is 6.36. The molecule has 0 radical (unpaired) electrons. The van der Waals surface area contributed by atoms with Gasteiger partial charge in [0.1, 0.15) is 11.5 Å². The molecule has 1 aliphatic rings. The van der Waals surface area contributed by atoms with Crippen LogP contribution in [0.5, 0.6) is 17.4 Å². The highest BCUT2D eigenvalue weighted by Gasteiger charge is 2.27. The number of likely N-dealkylation sites (N-methyl/N-ethyl adjacent to an activating group) is 1. The first kappa shape index (κ1) is 26.9. The molecule has 10 nitrogen and oxygen atoms in total. The van der Waals surface area contributed by atoms with Crippen LogP contribution < -0.4 is 25.0 Å². The van der Waals surface area contributed by atoms with Gasteiger partial charge in [-0.1, -0.05) is 12.6 Å². The maximum Gasteiger partial charge on any atom is 0.247 e. The largest absolute Gasteiger partial charge is 0.495 e. The molecular weight excluding hydrogens is 484 g/mol. The molecule has 2 N–H and O–H groups in total. The van der Waals surface area contributed by atoms with Crippen molar-refractivity contribution in [3.8, 4) is 17.4 Å². The average Bonchev–Trinajstić information content (AvgIpc) is 3.41. The Morgan fingerprint density at radius 1 is 1.21 bits per heavy atom. The third-order valence-electron chi connectivity index (χ3n) is 6.36. The molecule has 200 valence electrons. The minimum atomic E-state index is -0.296. The highest BCUT2D eigenvalue weighted by atomic mass is 16.5. The maximum absolute atomic E-state index is 11.6. The molecule has 10 heteroatoms. The Morgan fingerprint density at radius 3 is 2.87 bits per heavy atom. The Labute approximate surface area is 223 Å². The molecule has 38 heavy (non-hydrogen) atoms. The molecule has 0 spiro atoms. The second-order valence-corrected chi connectivity index (χ2v) is 8.90. The zero-order valence-corrected chi connectivity index (χ0v) is 22.0. The Hall–Kier alpha value is -4.15. The number of carbonyl (C=O) groups excluding carboxylic acids is 1. The molecule has 2 heterocycles. The fourth-order valence-corrected chi connectivity index (χ4v) is 4.33. The number of hydrogen-bond donors (Lipinski definition) is 2. The van der Waals surface area contributed by atoms with Gasteiger partial charge in [0.15, 0.2) is 0 Å². The number of nitrogens with zero attached hydrogens (tertiary/aromatic N) is 4. The third kappa shape index (κ3) is 6.99. The molecule has 4 rings (SSSR count). The van der Waals surface area contributed by atoms with Gasteiger partial charge in [-0.2, -0.15) is 4.98 Å². The van der Waals surface area contributed by atoms with Crippen molar-refractivity contribution in [2.24, 2.45) is 0 Å². The lowest BCUT2D eigenvalue weighted by Gasteiger charge is -2.28. The van der Waals surface area contributed by atoms with Crippen LogP contribution in [0.4, 0.5) is 23.0 Å². The predicted octanol–water partition coefficient (Wildman–Crippen LogP) is 4.30. The second-order valence-electron chi connectivity index (χ2n) is 8.90. The fraction of sp³-hybridized carbons (Fsp3) is 0.321. The van der Waals surface area contributed by atoms with Gasteiger partial charge in [-0.3, -0.25) is 9.69 Å². The van der Waals surface area contributed by atoms with E-state index in [1.165, 1.54) is 6.08 Å². The van der Waals surface area contributed by atoms with Crippen LogP contribution in [0.2, 0.25) is 0 Å². The summed E-state index contributed by atoms with van der Waals surface area (Å²) in [6.07, 6.45) is 3.92. The van der Waals surface area contributed by atoms with Crippen molar-refractivity contribution in [2.45, 2.75) is 12.5 Å². The summed E-state index contributed by atoms with van der Waals surface area (Å²) in [5.74, 6) is 1.73. The lowest BCUT2D eigenvalue weighted by molar-refractivity contribution is -0.111. The Kier molecular flexibility index (Phi) is 9.12. The van der Waals surface area contributed by atoms with Gasteiger partial charge in [0, 0.05) is 75.6 Å². The first-order valence-corrected chi connectivity index (χ1v) is 12.4. The monoisotopic (exact) mass is 518 g/mol. The SMILES string of the molecule is C=CC(=O)Nc1cccc(Oc2ccnc(Nc3ccc(N(C)[C@H]4CCN(CCOC)C4)c(OC)c3)n2)c1. The quantitative estimate of drug-likeness (QED) is 0.340. The normalized spacial score (nSPS) is 15.1. The number of nitrogens with one attached hydrogen (secondary N) is 2. The number of aromatic nitrogens is 2. The van der Waals surface area contributed by atoms with Gasteiger partial charge in [0.2, 0.25) is 17.7 Å². The van der Waals surface area contributed by atoms with E-state index in [9.17, 15) is 4.79 Å². The van der Waals surface area contributed by atoms with Crippen LogP contribution in [-0.4, -0.2) is 74.3 Å². The Bertz CT molecular complexity index is 1250. The van der Waals surface area contributed by atoms with Crippen molar-refractivity contribution >= 4 is 28.9 Å². The molecule has 0 aliphatic carbocycles. The van der Waals surface area contributed by atoms with E-state index in [2.05, 4.69) is 44.0 Å². The molecule has 1 amide bonds. The topological polar surface area (TPSA) is 101 Å². The van der Waals surface area contributed by atoms with Crippen LogP contribution in [0.25, 0.3) is 0 Å². The highest BCUT2D eigenvalue weighted by molar-refractivity contribution is 5.98. The minimum absolute atomic E-state index is 0.296. The lowest BCUT2D eigenvalue weighted by atomic mass is 10.1. The summed E-state index contributed by atoms with van der Waals surface area (Å²) in [7, 11) is 5.52. The molecule has 1 aliphatic heterocycles. The van der Waals surface area contributed by atoms with E-state index >= 15 is 0 Å². The smallest absolute Gasteiger partial charge is 0.247 e. The van der Waals surface area contributed by atoms with Crippen molar-refractivity contribution in [3.05, 3.63) is 67.4 Å². The number of rotatable bonds is 12. The number of likely N-dealkylation sites (tertiary alicyclic amines) is 1. The number of carbonyl (C=O) groups is 1. The van der Waals surface area contributed by atoms with Crippen molar-refractivity contribution in [2.75, 3.05) is 63.0 Å². The van der Waals surface area contributed by atoms with Crippen LogP contribution in [0.1, 0.15) is 6.42 Å². The molecule has 3 aromatic rings. The molecule has 0 saturated carbocycles. The molecule has 0 bridgehead atoms. The van der Waals surface area contributed by atoms with Crippen LogP contribution in [0.3, 0.4) is 0 Å². The summed E-state index contributed by atoms with van der Waals surface area (Å²) in [5, 5.41) is 5.93. The summed E-state index contributed by atoms with van der Waals surface area (Å²) in [4.78, 5) is 25.1. The predicted molar refractivity (Wildman–Crippen MR) is 149 cm³/mol. The van der Waals surface area contributed by atoms with Gasteiger partial charge in [-0.05, 0) is 36.8 Å². The van der Waals surface area contributed by atoms with Crippen LogP contribution in [0, 0.1) is 0 Å². The van der Waals surface area contributed by atoms with Crippen molar-refractivity contribution < 1.29 is 19.0 Å². The minimum Gasteiger partial charge on any atom is -0.495 e. The van der Waals surface area contributed by atoms with E-state index < -0.39 is 0 Å². The van der Waals surface area contributed by atoms with Crippen molar-refractivity contribution in [1.29, 1.82) is 0 Å². The summed E-state index contributed by atoms with van der Waals surface area (Å²) in [6, 6.07) is 15.1. The number of benzene rings is 2. The molecule has 1 aromatic heterocycles. The van der Waals surface area contributed by atoms with Crippen LogP contribution in [-0.2, 0) is 9.53 Å². The number of hydrogen-bond acceptors (Lipinski definition) is 9. The molecule has 1 atom stereocenters. The van der Waals surface area contributed by atoms with Gasteiger partial charge in [-0.15, -0.1) is 0 Å².